The number of nitrogens with one attached hydrogen (secondary N) is 2. The van der Waals surface area contributed by atoms with Crippen LogP contribution in [0, 0.1) is 0 Å². The average Bonchev–Trinajstić information content (AvgIpc) is 2.99. The Morgan fingerprint density at radius 3 is 2.65 bits per heavy atom. The van der Waals surface area contributed by atoms with Crippen LogP contribution < -0.4 is 10.6 Å². The van der Waals surface area contributed by atoms with E-state index in [0.717, 1.165) is 32.5 Å². The maximum absolute atomic E-state index is 12.2. The first-order chi connectivity index (χ1) is 9.70. The largest absolute Gasteiger partial charge is 0.352 e. The second kappa shape index (κ2) is 7.40. The summed E-state index contributed by atoms with van der Waals surface area (Å²) in [6.45, 7) is 8.37. The van der Waals surface area contributed by atoms with E-state index in [1.54, 1.807) is 6.08 Å². The van der Waals surface area contributed by atoms with Gasteiger partial charge >= 0.3 is 0 Å². The molecule has 2 aliphatic heterocycles. The van der Waals surface area contributed by atoms with Gasteiger partial charge in [0.2, 0.25) is 11.8 Å². The molecule has 2 rings (SSSR count). The fourth-order valence-corrected chi connectivity index (χ4v) is 2.69. The summed E-state index contributed by atoms with van der Waals surface area (Å²) >= 11 is 0. The van der Waals surface area contributed by atoms with Crippen molar-refractivity contribution in [2.24, 2.45) is 0 Å². The van der Waals surface area contributed by atoms with Crippen molar-refractivity contribution in [3.63, 3.8) is 0 Å². The Kier molecular flexibility index (Phi) is 5.55. The molecule has 20 heavy (non-hydrogen) atoms. The number of nitrogens with zero attached hydrogens (tertiary/aromatic N) is 2. The number of rotatable bonds is 5. The second-order valence-corrected chi connectivity index (χ2v) is 5.34. The fraction of sp³-hybridized carbons (Fsp3) is 0.714. The van der Waals surface area contributed by atoms with Gasteiger partial charge in [-0.3, -0.25) is 14.5 Å². The molecule has 2 heterocycles. The zero-order valence-corrected chi connectivity index (χ0v) is 11.9. The lowest BCUT2D eigenvalue weighted by Gasteiger charge is -2.35. The van der Waals surface area contributed by atoms with Gasteiger partial charge in [0.1, 0.15) is 0 Å². The van der Waals surface area contributed by atoms with E-state index in [4.69, 9.17) is 0 Å². The molecule has 2 saturated heterocycles. The second-order valence-electron chi connectivity index (χ2n) is 5.34. The molecule has 0 spiro atoms. The number of amides is 2. The van der Waals surface area contributed by atoms with Crippen LogP contribution in [0.3, 0.4) is 0 Å². The van der Waals surface area contributed by atoms with Crippen LogP contribution in [0.25, 0.3) is 0 Å². The molecule has 2 amide bonds. The van der Waals surface area contributed by atoms with E-state index in [2.05, 4.69) is 22.1 Å². The number of carbonyl (C=O) groups is 2. The van der Waals surface area contributed by atoms with Crippen LogP contribution in [-0.2, 0) is 9.59 Å². The van der Waals surface area contributed by atoms with Gasteiger partial charge in [0.05, 0.1) is 12.6 Å². The third-order valence-corrected chi connectivity index (χ3v) is 3.85. The molecule has 0 unspecified atom stereocenters. The molecule has 0 aromatic rings. The normalized spacial score (nSPS) is 23.6. The summed E-state index contributed by atoms with van der Waals surface area (Å²) in [5.74, 6) is 0.236. The molecule has 0 radical (unpaired) electrons. The van der Waals surface area contributed by atoms with Gasteiger partial charge in [-0.15, -0.1) is 6.58 Å². The third kappa shape index (κ3) is 4.05. The number of carbonyl (C=O) groups excluding carboxylic acids is 2. The van der Waals surface area contributed by atoms with Gasteiger partial charge in [0, 0.05) is 32.7 Å². The molecule has 0 bridgehead atoms. The van der Waals surface area contributed by atoms with Crippen LogP contribution in [0.15, 0.2) is 12.7 Å². The minimum Gasteiger partial charge on any atom is -0.352 e. The Morgan fingerprint density at radius 2 is 2.05 bits per heavy atom. The molecule has 2 fully saturated rings. The zero-order valence-electron chi connectivity index (χ0n) is 11.9. The van der Waals surface area contributed by atoms with Crippen LogP contribution >= 0.6 is 0 Å². The first-order valence-electron chi connectivity index (χ1n) is 7.33. The van der Waals surface area contributed by atoms with E-state index >= 15 is 0 Å². The van der Waals surface area contributed by atoms with Gasteiger partial charge in [-0.25, -0.2) is 0 Å². The van der Waals surface area contributed by atoms with Crippen molar-refractivity contribution < 1.29 is 9.59 Å². The van der Waals surface area contributed by atoms with Crippen LogP contribution in [0.4, 0.5) is 0 Å². The van der Waals surface area contributed by atoms with Crippen LogP contribution in [0.5, 0.6) is 0 Å². The van der Waals surface area contributed by atoms with Crippen LogP contribution in [0.1, 0.15) is 12.8 Å². The minimum absolute atomic E-state index is 0.0115. The van der Waals surface area contributed by atoms with Crippen LogP contribution in [-0.4, -0.2) is 73.5 Å². The van der Waals surface area contributed by atoms with E-state index in [9.17, 15) is 9.59 Å². The van der Waals surface area contributed by atoms with Crippen LogP contribution in [0.2, 0.25) is 0 Å². The number of hydrogen-bond donors (Lipinski definition) is 2. The predicted octanol–water partition coefficient (Wildman–Crippen LogP) is -0.815. The highest BCUT2D eigenvalue weighted by molar-refractivity contribution is 5.82. The van der Waals surface area contributed by atoms with Crippen molar-refractivity contribution >= 4 is 11.8 Å². The Hall–Kier alpha value is -1.40. The first-order valence-corrected chi connectivity index (χ1v) is 7.33. The summed E-state index contributed by atoms with van der Waals surface area (Å²) in [6.07, 6.45) is 3.70. The Bertz CT molecular complexity index is 358. The van der Waals surface area contributed by atoms with Gasteiger partial charge in [-0.2, -0.15) is 0 Å². The fourth-order valence-electron chi connectivity index (χ4n) is 2.69. The lowest BCUT2D eigenvalue weighted by Crippen LogP contribution is -2.54. The predicted molar refractivity (Wildman–Crippen MR) is 77.3 cm³/mol. The van der Waals surface area contributed by atoms with Crippen molar-refractivity contribution in [1.29, 1.82) is 0 Å². The molecule has 6 heteroatoms. The highest BCUT2D eigenvalue weighted by Gasteiger charge is 2.29. The Balaban J connectivity index is 1.70. The van der Waals surface area contributed by atoms with Crippen molar-refractivity contribution in [3.05, 3.63) is 12.7 Å². The molecule has 2 aliphatic rings. The summed E-state index contributed by atoms with van der Waals surface area (Å²) in [7, 11) is 0. The SMILES string of the molecule is C=CCNC(=O)CN1CCN(C(=O)[C@H]2CCCN2)CC1. The average molecular weight is 280 g/mol. The van der Waals surface area contributed by atoms with Crippen molar-refractivity contribution in [1.82, 2.24) is 20.4 Å². The Labute approximate surface area is 120 Å². The molecular formula is C14H24N4O2. The smallest absolute Gasteiger partial charge is 0.239 e. The summed E-state index contributed by atoms with van der Waals surface area (Å²) in [6, 6.07) is 0.0115. The lowest BCUT2D eigenvalue weighted by atomic mass is 10.2. The topological polar surface area (TPSA) is 64.7 Å². The van der Waals surface area contributed by atoms with Gasteiger partial charge < -0.3 is 15.5 Å². The molecule has 0 aliphatic carbocycles. The molecule has 0 aromatic heterocycles. The standard InChI is InChI=1S/C14H24N4O2/c1-2-5-16-13(19)11-17-7-9-18(10-8-17)14(20)12-4-3-6-15-12/h2,12,15H,1,3-11H2,(H,16,19)/t12-/m1/s1. The van der Waals surface area contributed by atoms with E-state index in [0.29, 0.717) is 26.2 Å². The van der Waals surface area contributed by atoms with Crippen molar-refractivity contribution in [2.45, 2.75) is 18.9 Å². The first kappa shape index (κ1) is 15.0. The highest BCUT2D eigenvalue weighted by Crippen LogP contribution is 2.10. The molecule has 6 nitrogen and oxygen atoms in total. The molecule has 2 N–H and O–H groups in total. The molecule has 0 aromatic carbocycles. The van der Waals surface area contributed by atoms with Gasteiger partial charge in [-0.05, 0) is 19.4 Å². The van der Waals surface area contributed by atoms with Gasteiger partial charge in [0.25, 0.3) is 0 Å². The highest BCUT2D eigenvalue weighted by atomic mass is 16.2. The molecule has 112 valence electrons. The van der Waals surface area contributed by atoms with E-state index in [-0.39, 0.29) is 17.9 Å². The maximum Gasteiger partial charge on any atom is 0.239 e. The van der Waals surface area contributed by atoms with E-state index < -0.39 is 0 Å². The maximum atomic E-state index is 12.2. The monoisotopic (exact) mass is 280 g/mol. The van der Waals surface area contributed by atoms with Gasteiger partial charge in [-0.1, -0.05) is 6.08 Å². The quantitative estimate of drug-likeness (QED) is 0.646. The molecular weight excluding hydrogens is 256 g/mol. The number of piperazine rings is 1. The summed E-state index contributed by atoms with van der Waals surface area (Å²) in [5.41, 5.74) is 0. The van der Waals surface area contributed by atoms with Crippen molar-refractivity contribution in [2.75, 3.05) is 45.8 Å². The minimum atomic E-state index is 0.0115. The molecule has 1 atom stereocenters. The number of hydrogen-bond acceptors (Lipinski definition) is 4. The zero-order chi connectivity index (χ0) is 14.4. The van der Waals surface area contributed by atoms with E-state index in [1.165, 1.54) is 0 Å². The molecule has 0 saturated carbocycles. The van der Waals surface area contributed by atoms with Crippen molar-refractivity contribution in [3.8, 4) is 0 Å². The third-order valence-electron chi connectivity index (χ3n) is 3.85. The lowest BCUT2D eigenvalue weighted by molar-refractivity contribution is -0.135. The Morgan fingerprint density at radius 1 is 1.30 bits per heavy atom. The summed E-state index contributed by atoms with van der Waals surface area (Å²) in [5, 5.41) is 6.01. The van der Waals surface area contributed by atoms with E-state index in [1.807, 2.05) is 4.90 Å². The summed E-state index contributed by atoms with van der Waals surface area (Å²) in [4.78, 5) is 27.8. The summed E-state index contributed by atoms with van der Waals surface area (Å²) < 4.78 is 0. The van der Waals surface area contributed by atoms with Gasteiger partial charge in [0.15, 0.2) is 0 Å².